The van der Waals surface area contributed by atoms with Gasteiger partial charge in [0.25, 0.3) is 5.91 Å². The number of likely N-dealkylation sites (tertiary alicyclic amines) is 1. The molecule has 1 aromatic carbocycles. The number of amides is 1. The molecule has 2 aliphatic rings. The van der Waals surface area contributed by atoms with E-state index in [0.29, 0.717) is 25.3 Å². The maximum absolute atomic E-state index is 12.9. The summed E-state index contributed by atoms with van der Waals surface area (Å²) in [5.74, 6) is -0.167. The molecule has 23 heavy (non-hydrogen) atoms. The number of benzene rings is 1. The van der Waals surface area contributed by atoms with Crippen molar-refractivity contribution in [3.05, 3.63) is 29.8 Å². The molecule has 0 unspecified atom stereocenters. The summed E-state index contributed by atoms with van der Waals surface area (Å²) >= 11 is 0. The van der Waals surface area contributed by atoms with E-state index in [1.54, 1.807) is 17.0 Å². The molecule has 0 spiro atoms. The summed E-state index contributed by atoms with van der Waals surface area (Å²) < 4.78 is 34.5. The van der Waals surface area contributed by atoms with Gasteiger partial charge in [0.05, 0.1) is 24.2 Å². The molecule has 2 aliphatic heterocycles. The Labute approximate surface area is 136 Å². The van der Waals surface area contributed by atoms with Crippen molar-refractivity contribution in [2.24, 2.45) is 0 Å². The second-order valence-electron chi connectivity index (χ2n) is 5.97. The lowest BCUT2D eigenvalue weighted by Gasteiger charge is -2.38. The summed E-state index contributed by atoms with van der Waals surface area (Å²) in [7, 11) is -3.34. The topological polar surface area (TPSA) is 72.9 Å². The SMILES string of the molecule is CS(=O)(=O)c1cccc(C(=O)N2CCCC[C@H]2C2OCCO2)c1. The minimum absolute atomic E-state index is 0.111. The average molecular weight is 339 g/mol. The molecule has 0 aromatic heterocycles. The molecule has 1 amide bonds. The average Bonchev–Trinajstić information content (AvgIpc) is 3.08. The largest absolute Gasteiger partial charge is 0.348 e. The normalized spacial score (nSPS) is 23.2. The second kappa shape index (κ2) is 6.59. The molecule has 3 rings (SSSR count). The number of hydrogen-bond acceptors (Lipinski definition) is 5. The van der Waals surface area contributed by atoms with Gasteiger partial charge in [-0.2, -0.15) is 0 Å². The Hall–Kier alpha value is -1.44. The molecule has 2 saturated heterocycles. The Morgan fingerprint density at radius 3 is 2.65 bits per heavy atom. The van der Waals surface area contributed by atoms with Gasteiger partial charge in [0.2, 0.25) is 0 Å². The third-order valence-electron chi connectivity index (χ3n) is 4.28. The van der Waals surface area contributed by atoms with Crippen LogP contribution in [0.15, 0.2) is 29.2 Å². The van der Waals surface area contributed by atoms with Crippen LogP contribution < -0.4 is 0 Å². The summed E-state index contributed by atoms with van der Waals surface area (Å²) in [5, 5.41) is 0. The Morgan fingerprint density at radius 1 is 1.22 bits per heavy atom. The summed E-state index contributed by atoms with van der Waals surface area (Å²) in [4.78, 5) is 14.8. The van der Waals surface area contributed by atoms with E-state index in [2.05, 4.69) is 0 Å². The summed E-state index contributed by atoms with van der Waals surface area (Å²) in [6.07, 6.45) is 3.56. The first-order valence-electron chi connectivity index (χ1n) is 7.81. The molecule has 1 aromatic rings. The van der Waals surface area contributed by atoms with Crippen molar-refractivity contribution in [3.8, 4) is 0 Å². The first-order valence-corrected chi connectivity index (χ1v) is 9.70. The Morgan fingerprint density at radius 2 is 1.96 bits per heavy atom. The van der Waals surface area contributed by atoms with Crippen LogP contribution in [0.1, 0.15) is 29.6 Å². The van der Waals surface area contributed by atoms with Crippen LogP contribution in [0.25, 0.3) is 0 Å². The zero-order chi connectivity index (χ0) is 16.4. The van der Waals surface area contributed by atoms with Crippen LogP contribution in [0, 0.1) is 0 Å². The third-order valence-corrected chi connectivity index (χ3v) is 5.39. The highest BCUT2D eigenvalue weighted by atomic mass is 32.2. The highest BCUT2D eigenvalue weighted by molar-refractivity contribution is 7.90. The molecule has 0 N–H and O–H groups in total. The van der Waals surface area contributed by atoms with Crippen molar-refractivity contribution in [2.45, 2.75) is 36.5 Å². The predicted octanol–water partition coefficient (Wildman–Crippen LogP) is 1.46. The molecule has 1 atom stereocenters. The molecule has 2 fully saturated rings. The summed E-state index contributed by atoms with van der Waals surface area (Å²) in [5.41, 5.74) is 0.387. The van der Waals surface area contributed by atoms with Gasteiger partial charge in [0.1, 0.15) is 0 Å². The lowest BCUT2D eigenvalue weighted by atomic mass is 10.00. The van der Waals surface area contributed by atoms with Gasteiger partial charge in [-0.3, -0.25) is 4.79 Å². The van der Waals surface area contributed by atoms with Gasteiger partial charge in [-0.25, -0.2) is 8.42 Å². The molecule has 7 heteroatoms. The Balaban J connectivity index is 1.85. The number of nitrogens with zero attached hydrogens (tertiary/aromatic N) is 1. The number of hydrogen-bond donors (Lipinski definition) is 0. The van der Waals surface area contributed by atoms with Crippen LogP contribution in [0.2, 0.25) is 0 Å². The Bertz CT molecular complexity index is 681. The monoisotopic (exact) mass is 339 g/mol. The van der Waals surface area contributed by atoms with E-state index in [0.717, 1.165) is 25.5 Å². The number of sulfone groups is 1. The first kappa shape index (κ1) is 16.4. The first-order chi connectivity index (χ1) is 11.0. The van der Waals surface area contributed by atoms with Crippen molar-refractivity contribution < 1.29 is 22.7 Å². The maximum atomic E-state index is 12.9. The number of ether oxygens (including phenoxy) is 2. The van der Waals surface area contributed by atoms with Gasteiger partial charge in [0, 0.05) is 18.4 Å². The minimum atomic E-state index is -3.34. The van der Waals surface area contributed by atoms with Crippen molar-refractivity contribution in [1.29, 1.82) is 0 Å². The highest BCUT2D eigenvalue weighted by Gasteiger charge is 2.36. The summed E-state index contributed by atoms with van der Waals surface area (Å²) in [6.45, 7) is 1.73. The van der Waals surface area contributed by atoms with E-state index in [1.165, 1.54) is 12.1 Å². The maximum Gasteiger partial charge on any atom is 0.254 e. The van der Waals surface area contributed by atoms with Crippen LogP contribution in [0.4, 0.5) is 0 Å². The number of piperidine rings is 1. The minimum Gasteiger partial charge on any atom is -0.348 e. The number of carbonyl (C=O) groups excluding carboxylic acids is 1. The van der Waals surface area contributed by atoms with Gasteiger partial charge in [-0.05, 0) is 37.5 Å². The van der Waals surface area contributed by atoms with Crippen molar-refractivity contribution in [1.82, 2.24) is 4.90 Å². The number of rotatable bonds is 3. The van der Waals surface area contributed by atoms with Crippen LogP contribution in [-0.2, 0) is 19.3 Å². The fourth-order valence-electron chi connectivity index (χ4n) is 3.12. The lowest BCUT2D eigenvalue weighted by Crippen LogP contribution is -2.50. The summed E-state index contributed by atoms with van der Waals surface area (Å²) in [6, 6.07) is 6.09. The Kier molecular flexibility index (Phi) is 4.70. The molecular formula is C16H21NO5S. The van der Waals surface area contributed by atoms with Gasteiger partial charge in [-0.1, -0.05) is 6.07 Å². The quantitative estimate of drug-likeness (QED) is 0.833. The number of carbonyl (C=O) groups is 1. The van der Waals surface area contributed by atoms with Crippen molar-refractivity contribution >= 4 is 15.7 Å². The smallest absolute Gasteiger partial charge is 0.254 e. The van der Waals surface area contributed by atoms with Crippen LogP contribution in [0.5, 0.6) is 0 Å². The molecular weight excluding hydrogens is 318 g/mol. The molecule has 0 saturated carbocycles. The van der Waals surface area contributed by atoms with E-state index < -0.39 is 9.84 Å². The van der Waals surface area contributed by atoms with E-state index >= 15 is 0 Å². The zero-order valence-corrected chi connectivity index (χ0v) is 13.9. The van der Waals surface area contributed by atoms with Crippen LogP contribution in [-0.4, -0.2) is 57.6 Å². The zero-order valence-electron chi connectivity index (χ0n) is 13.1. The molecule has 6 nitrogen and oxygen atoms in total. The van der Waals surface area contributed by atoms with Gasteiger partial charge < -0.3 is 14.4 Å². The van der Waals surface area contributed by atoms with Gasteiger partial charge >= 0.3 is 0 Å². The molecule has 126 valence electrons. The van der Waals surface area contributed by atoms with Crippen LogP contribution in [0.3, 0.4) is 0 Å². The highest BCUT2D eigenvalue weighted by Crippen LogP contribution is 2.26. The van der Waals surface area contributed by atoms with Gasteiger partial charge in [-0.15, -0.1) is 0 Å². The predicted molar refractivity (Wildman–Crippen MR) is 83.9 cm³/mol. The standard InChI is InChI=1S/C16H21NO5S/c1-23(19,20)13-6-4-5-12(11-13)15(18)17-8-3-2-7-14(17)16-21-9-10-22-16/h4-6,11,14,16H,2-3,7-10H2,1H3/t14-/m0/s1. The van der Waals surface area contributed by atoms with E-state index in [4.69, 9.17) is 9.47 Å². The van der Waals surface area contributed by atoms with Gasteiger partial charge in [0.15, 0.2) is 16.1 Å². The van der Waals surface area contributed by atoms with E-state index in [1.807, 2.05) is 0 Å². The lowest BCUT2D eigenvalue weighted by molar-refractivity contribution is -0.100. The van der Waals surface area contributed by atoms with E-state index in [-0.39, 0.29) is 23.1 Å². The van der Waals surface area contributed by atoms with E-state index in [9.17, 15) is 13.2 Å². The van der Waals surface area contributed by atoms with Crippen molar-refractivity contribution in [2.75, 3.05) is 26.0 Å². The third kappa shape index (κ3) is 3.57. The molecule has 0 bridgehead atoms. The molecule has 2 heterocycles. The fraction of sp³-hybridized carbons (Fsp3) is 0.562. The molecule has 0 aliphatic carbocycles. The second-order valence-corrected chi connectivity index (χ2v) is 7.99. The fourth-order valence-corrected chi connectivity index (χ4v) is 3.78. The van der Waals surface area contributed by atoms with Crippen molar-refractivity contribution in [3.63, 3.8) is 0 Å². The molecule has 0 radical (unpaired) electrons. The van der Waals surface area contributed by atoms with Crippen LogP contribution >= 0.6 is 0 Å².